The third-order valence-corrected chi connectivity index (χ3v) is 4.98. The van der Waals surface area contributed by atoms with Gasteiger partial charge in [0, 0.05) is 17.9 Å². The highest BCUT2D eigenvalue weighted by atomic mass is 15.2. The smallest absolute Gasteiger partial charge is 0.0443 e. The van der Waals surface area contributed by atoms with E-state index in [0.717, 1.165) is 32.5 Å². The summed E-state index contributed by atoms with van der Waals surface area (Å²) >= 11 is 0. The van der Waals surface area contributed by atoms with Gasteiger partial charge in [-0.3, -0.25) is 0 Å². The predicted molar refractivity (Wildman–Crippen MR) is 99.7 cm³/mol. The van der Waals surface area contributed by atoms with Crippen LogP contribution in [0.4, 0.5) is 11.4 Å². The van der Waals surface area contributed by atoms with Gasteiger partial charge in [-0.15, -0.1) is 0 Å². The first-order valence-electron chi connectivity index (χ1n) is 8.99. The fourth-order valence-corrected chi connectivity index (χ4v) is 3.60. The van der Waals surface area contributed by atoms with Gasteiger partial charge in [-0.2, -0.15) is 0 Å². The molecule has 2 aromatic rings. The highest BCUT2D eigenvalue weighted by Crippen LogP contribution is 2.35. The molecule has 1 aliphatic heterocycles. The van der Waals surface area contributed by atoms with Crippen LogP contribution in [-0.4, -0.2) is 31.1 Å². The Bertz CT molecular complexity index is 584. The average Bonchev–Trinajstić information content (AvgIpc) is 2.76. The predicted octanol–water partition coefficient (Wildman–Crippen LogP) is 4.66. The maximum absolute atomic E-state index is 2.54. The van der Waals surface area contributed by atoms with Crippen molar-refractivity contribution in [2.75, 3.05) is 31.1 Å². The summed E-state index contributed by atoms with van der Waals surface area (Å²) < 4.78 is 0. The third-order valence-electron chi connectivity index (χ3n) is 4.98. The van der Waals surface area contributed by atoms with Gasteiger partial charge in [0.15, 0.2) is 0 Å². The molecule has 2 aromatic carbocycles. The van der Waals surface area contributed by atoms with Crippen molar-refractivity contribution >= 4 is 11.4 Å². The van der Waals surface area contributed by atoms with Gasteiger partial charge in [0.1, 0.15) is 0 Å². The zero-order chi connectivity index (χ0) is 16.1. The van der Waals surface area contributed by atoms with Crippen molar-refractivity contribution in [3.05, 3.63) is 59.7 Å². The molecule has 0 aromatic heterocycles. The molecule has 0 atom stereocenters. The van der Waals surface area contributed by atoms with Crippen molar-refractivity contribution in [3.63, 3.8) is 0 Å². The lowest BCUT2D eigenvalue weighted by Crippen LogP contribution is -2.28. The Hall–Kier alpha value is -1.80. The van der Waals surface area contributed by atoms with Gasteiger partial charge in [-0.05, 0) is 62.2 Å². The highest BCUT2D eigenvalue weighted by Gasteiger charge is 2.19. The summed E-state index contributed by atoms with van der Waals surface area (Å²) in [6, 6.07) is 17.8. The van der Waals surface area contributed by atoms with Crippen molar-refractivity contribution in [1.82, 2.24) is 4.90 Å². The molecule has 0 spiro atoms. The number of para-hydroxylation sites is 2. The van der Waals surface area contributed by atoms with Crippen molar-refractivity contribution in [1.29, 1.82) is 0 Å². The molecule has 23 heavy (non-hydrogen) atoms. The van der Waals surface area contributed by atoms with Gasteiger partial charge in [-0.1, -0.05) is 50.2 Å². The molecule has 0 fully saturated rings. The van der Waals surface area contributed by atoms with E-state index in [1.807, 2.05) is 0 Å². The van der Waals surface area contributed by atoms with E-state index in [0.29, 0.717) is 0 Å². The minimum Gasteiger partial charge on any atom is -0.341 e. The summed E-state index contributed by atoms with van der Waals surface area (Å²) in [5, 5.41) is 0. The Morgan fingerprint density at radius 3 is 1.87 bits per heavy atom. The van der Waals surface area contributed by atoms with Crippen LogP contribution in [0.2, 0.25) is 0 Å². The lowest BCUT2D eigenvalue weighted by Gasteiger charge is -2.28. The first-order valence-corrected chi connectivity index (χ1v) is 8.99. The fraction of sp³-hybridized carbons (Fsp3) is 0.429. The average molecular weight is 308 g/mol. The van der Waals surface area contributed by atoms with E-state index in [9.17, 15) is 0 Å². The standard InChI is InChI=1S/C21H28N2/c1-3-22(4-2)16-9-17-23-20-12-7-5-10-18(20)14-15-19-11-6-8-13-21(19)23/h5-8,10-13H,3-4,9,14-17H2,1-2H3. The summed E-state index contributed by atoms with van der Waals surface area (Å²) in [5.74, 6) is 0. The Morgan fingerprint density at radius 1 is 0.826 bits per heavy atom. The molecular weight excluding hydrogens is 280 g/mol. The number of nitrogens with zero attached hydrogens (tertiary/aromatic N) is 2. The SMILES string of the molecule is CCN(CC)CCCN1c2ccccc2CCc2ccccc21. The Balaban J connectivity index is 1.85. The van der Waals surface area contributed by atoms with E-state index in [1.54, 1.807) is 0 Å². The third kappa shape index (κ3) is 3.59. The van der Waals surface area contributed by atoms with E-state index in [-0.39, 0.29) is 0 Å². The number of rotatable bonds is 6. The number of benzene rings is 2. The monoisotopic (exact) mass is 308 g/mol. The first kappa shape index (κ1) is 16.1. The van der Waals surface area contributed by atoms with Crippen LogP contribution in [0.3, 0.4) is 0 Å². The highest BCUT2D eigenvalue weighted by molar-refractivity contribution is 5.71. The summed E-state index contributed by atoms with van der Waals surface area (Å²) in [6.07, 6.45) is 3.48. The van der Waals surface area contributed by atoms with Crippen LogP contribution in [0.15, 0.2) is 48.5 Å². The summed E-state index contributed by atoms with van der Waals surface area (Å²) in [4.78, 5) is 5.05. The molecule has 0 unspecified atom stereocenters. The van der Waals surface area contributed by atoms with Crippen LogP contribution in [-0.2, 0) is 12.8 Å². The van der Waals surface area contributed by atoms with E-state index < -0.39 is 0 Å². The second-order valence-electron chi connectivity index (χ2n) is 6.29. The summed E-state index contributed by atoms with van der Waals surface area (Å²) in [7, 11) is 0. The Kier molecular flexibility index (Phi) is 5.35. The van der Waals surface area contributed by atoms with Gasteiger partial charge >= 0.3 is 0 Å². The Morgan fingerprint density at radius 2 is 1.35 bits per heavy atom. The normalized spacial score (nSPS) is 13.6. The van der Waals surface area contributed by atoms with Crippen molar-refractivity contribution in [3.8, 4) is 0 Å². The largest absolute Gasteiger partial charge is 0.341 e. The van der Waals surface area contributed by atoms with Crippen LogP contribution >= 0.6 is 0 Å². The van der Waals surface area contributed by atoms with Gasteiger partial charge in [-0.25, -0.2) is 0 Å². The van der Waals surface area contributed by atoms with Crippen molar-refractivity contribution in [2.24, 2.45) is 0 Å². The quantitative estimate of drug-likeness (QED) is 0.766. The molecule has 0 saturated carbocycles. The van der Waals surface area contributed by atoms with E-state index in [2.05, 4.69) is 72.2 Å². The fourth-order valence-electron chi connectivity index (χ4n) is 3.60. The second-order valence-corrected chi connectivity index (χ2v) is 6.29. The molecule has 0 radical (unpaired) electrons. The minimum atomic E-state index is 1.09. The van der Waals surface area contributed by atoms with Crippen LogP contribution in [0.5, 0.6) is 0 Å². The summed E-state index contributed by atoms with van der Waals surface area (Å²) in [5.41, 5.74) is 5.76. The lowest BCUT2D eigenvalue weighted by molar-refractivity contribution is 0.301. The zero-order valence-corrected chi connectivity index (χ0v) is 14.5. The van der Waals surface area contributed by atoms with Crippen molar-refractivity contribution < 1.29 is 0 Å². The first-order chi connectivity index (χ1) is 11.3. The maximum atomic E-state index is 2.54. The zero-order valence-electron chi connectivity index (χ0n) is 14.5. The van der Waals surface area contributed by atoms with E-state index in [4.69, 9.17) is 0 Å². The molecular formula is C21H28N2. The van der Waals surface area contributed by atoms with Gasteiger partial charge in [0.2, 0.25) is 0 Å². The molecule has 0 saturated heterocycles. The number of anilines is 2. The van der Waals surface area contributed by atoms with Gasteiger partial charge in [0.25, 0.3) is 0 Å². The van der Waals surface area contributed by atoms with E-state index >= 15 is 0 Å². The molecule has 0 aliphatic carbocycles. The molecule has 0 amide bonds. The second kappa shape index (κ2) is 7.65. The topological polar surface area (TPSA) is 6.48 Å². The molecule has 122 valence electrons. The Labute approximate surface area is 140 Å². The lowest BCUT2D eigenvalue weighted by atomic mass is 10.0. The number of aryl methyl sites for hydroxylation is 2. The summed E-state index contributed by atoms with van der Waals surface area (Å²) in [6.45, 7) is 9.05. The molecule has 0 N–H and O–H groups in total. The molecule has 2 nitrogen and oxygen atoms in total. The maximum Gasteiger partial charge on any atom is 0.0443 e. The molecule has 1 aliphatic rings. The molecule has 3 rings (SSSR count). The molecule has 2 heteroatoms. The van der Waals surface area contributed by atoms with E-state index in [1.165, 1.54) is 35.5 Å². The van der Waals surface area contributed by atoms with Gasteiger partial charge < -0.3 is 9.80 Å². The molecule has 1 heterocycles. The minimum absolute atomic E-state index is 1.09. The van der Waals surface area contributed by atoms with Crippen LogP contribution in [0, 0.1) is 0 Å². The van der Waals surface area contributed by atoms with Crippen molar-refractivity contribution in [2.45, 2.75) is 33.1 Å². The number of hydrogen-bond acceptors (Lipinski definition) is 2. The van der Waals surface area contributed by atoms with Gasteiger partial charge in [0.05, 0.1) is 0 Å². The molecule has 0 bridgehead atoms. The number of hydrogen-bond donors (Lipinski definition) is 0. The van der Waals surface area contributed by atoms with Crippen LogP contribution in [0.1, 0.15) is 31.4 Å². The van der Waals surface area contributed by atoms with Crippen LogP contribution in [0.25, 0.3) is 0 Å². The number of fused-ring (bicyclic) bond motifs is 2. The van der Waals surface area contributed by atoms with Crippen LogP contribution < -0.4 is 4.90 Å².